The SMILES string of the molecule is CCOC(=O)C1CN([C@@H]2CCc3cc(-c4cccc(-c5cccc(-c6cc7c(c(OC)c6)[C@H](NC[C@@H]6CCC(=O)N6)CC7)c5Cl)c4Cl)cc(OC)c32)C1. The average molecular weight is 755 g/mol. The van der Waals surface area contributed by atoms with Gasteiger partial charge in [-0.3, -0.25) is 14.5 Å². The number of carbonyl (C=O) groups is 2. The number of esters is 1. The molecule has 2 heterocycles. The Bertz CT molecular complexity index is 2080. The highest BCUT2D eigenvalue weighted by atomic mass is 35.5. The van der Waals surface area contributed by atoms with E-state index in [0.717, 1.165) is 83.5 Å². The van der Waals surface area contributed by atoms with Crippen LogP contribution in [0.3, 0.4) is 0 Å². The van der Waals surface area contributed by atoms with E-state index in [1.165, 1.54) is 22.3 Å². The van der Waals surface area contributed by atoms with Crippen LogP contribution in [0.2, 0.25) is 10.0 Å². The van der Waals surface area contributed by atoms with Gasteiger partial charge in [0.15, 0.2) is 0 Å². The summed E-state index contributed by atoms with van der Waals surface area (Å²) in [7, 11) is 3.44. The fourth-order valence-corrected chi connectivity index (χ4v) is 9.55. The van der Waals surface area contributed by atoms with Crippen LogP contribution in [0.5, 0.6) is 11.5 Å². The van der Waals surface area contributed by atoms with Gasteiger partial charge in [-0.25, -0.2) is 0 Å². The Labute approximate surface area is 321 Å². The molecule has 0 bridgehead atoms. The van der Waals surface area contributed by atoms with Crippen LogP contribution in [0, 0.1) is 5.92 Å². The molecule has 2 N–H and O–H groups in total. The van der Waals surface area contributed by atoms with Crippen LogP contribution in [0.1, 0.15) is 66.9 Å². The van der Waals surface area contributed by atoms with Crippen LogP contribution in [0.25, 0.3) is 33.4 Å². The predicted molar refractivity (Wildman–Crippen MR) is 209 cm³/mol. The minimum atomic E-state index is -0.105. The van der Waals surface area contributed by atoms with Gasteiger partial charge in [-0.15, -0.1) is 0 Å². The first-order chi connectivity index (χ1) is 25.8. The molecule has 3 atom stereocenters. The van der Waals surface area contributed by atoms with Crippen molar-refractivity contribution in [2.45, 2.75) is 63.6 Å². The van der Waals surface area contributed by atoms with Gasteiger partial charge < -0.3 is 24.8 Å². The Morgan fingerprint density at radius 2 is 1.40 bits per heavy atom. The van der Waals surface area contributed by atoms with E-state index in [2.05, 4.69) is 39.8 Å². The molecule has 4 aliphatic rings. The van der Waals surface area contributed by atoms with E-state index >= 15 is 0 Å². The van der Waals surface area contributed by atoms with Gasteiger partial charge in [0.05, 0.1) is 36.8 Å². The van der Waals surface area contributed by atoms with Crippen molar-refractivity contribution in [3.8, 4) is 44.9 Å². The third kappa shape index (κ3) is 6.69. The molecule has 2 aliphatic heterocycles. The van der Waals surface area contributed by atoms with Crippen LogP contribution in [-0.2, 0) is 27.2 Å². The smallest absolute Gasteiger partial charge is 0.311 e. The molecule has 0 saturated carbocycles. The number of benzene rings is 4. The molecule has 2 aliphatic carbocycles. The molecule has 8 nitrogen and oxygen atoms in total. The number of hydrogen-bond donors (Lipinski definition) is 2. The lowest BCUT2D eigenvalue weighted by Crippen LogP contribution is -2.51. The standard InChI is InChI=1S/C43H45Cl2N3O5/c1-4-53-43(50)28-22-48(23-28)35-15-12-25-18-27(20-37(52-3)40(25)35)31-8-6-10-33(42(31)45)32-9-5-7-30(41(32)44)26-17-24-11-14-34(39(24)36(19-26)51-2)46-21-29-13-16-38(49)47-29/h5-10,17-20,28-29,34-35,46H,4,11-16,21-23H2,1-3H3,(H,47,49)/t29-,34+,35+/m0/s1. The van der Waals surface area contributed by atoms with Gasteiger partial charge in [-0.1, -0.05) is 71.7 Å². The third-order valence-corrected chi connectivity index (χ3v) is 12.4. The van der Waals surface area contributed by atoms with E-state index in [1.54, 1.807) is 14.2 Å². The Kier molecular flexibility index (Phi) is 10.2. The quantitative estimate of drug-likeness (QED) is 0.149. The van der Waals surface area contributed by atoms with Gasteiger partial charge in [-0.05, 0) is 73.4 Å². The van der Waals surface area contributed by atoms with Gasteiger partial charge in [0.25, 0.3) is 0 Å². The van der Waals surface area contributed by atoms with Gasteiger partial charge in [0.2, 0.25) is 5.91 Å². The number of ether oxygens (including phenoxy) is 3. The zero-order chi connectivity index (χ0) is 36.8. The topological polar surface area (TPSA) is 89.1 Å². The summed E-state index contributed by atoms with van der Waals surface area (Å²) in [5, 5.41) is 8.00. The van der Waals surface area contributed by atoms with Crippen LogP contribution < -0.4 is 20.1 Å². The summed E-state index contributed by atoms with van der Waals surface area (Å²) in [6.07, 6.45) is 5.26. The first kappa shape index (κ1) is 35.9. The number of amides is 1. The summed E-state index contributed by atoms with van der Waals surface area (Å²) in [5.41, 5.74) is 10.4. The van der Waals surface area contributed by atoms with Crippen LogP contribution in [0.15, 0.2) is 60.7 Å². The average Bonchev–Trinajstić information content (AvgIpc) is 3.88. The molecule has 4 aromatic carbocycles. The van der Waals surface area contributed by atoms with Crippen molar-refractivity contribution < 1.29 is 23.8 Å². The normalized spacial score (nSPS) is 20.8. The first-order valence-electron chi connectivity index (χ1n) is 18.7. The first-order valence-corrected chi connectivity index (χ1v) is 19.5. The molecule has 0 aromatic heterocycles. The number of carbonyl (C=O) groups excluding carboxylic acids is 2. The monoisotopic (exact) mass is 753 g/mol. The summed E-state index contributed by atoms with van der Waals surface area (Å²) < 4.78 is 17.2. The maximum atomic E-state index is 12.3. The summed E-state index contributed by atoms with van der Waals surface area (Å²) in [6, 6.07) is 21.4. The fraction of sp³-hybridized carbons (Fsp3) is 0.395. The van der Waals surface area contributed by atoms with Crippen molar-refractivity contribution in [3.63, 3.8) is 0 Å². The van der Waals surface area contributed by atoms with E-state index in [-0.39, 0.29) is 35.9 Å². The summed E-state index contributed by atoms with van der Waals surface area (Å²) in [5.74, 6) is 1.64. The van der Waals surface area contributed by atoms with Gasteiger partial charge in [-0.2, -0.15) is 0 Å². The molecular formula is C43H45Cl2N3O5. The summed E-state index contributed by atoms with van der Waals surface area (Å²) in [4.78, 5) is 26.3. The van der Waals surface area contributed by atoms with E-state index in [9.17, 15) is 9.59 Å². The highest BCUT2D eigenvalue weighted by molar-refractivity contribution is 6.39. The van der Waals surface area contributed by atoms with Crippen LogP contribution >= 0.6 is 23.2 Å². The maximum Gasteiger partial charge on any atom is 0.311 e. The minimum Gasteiger partial charge on any atom is -0.496 e. The second-order valence-electron chi connectivity index (χ2n) is 14.6. The number of aryl methyl sites for hydroxylation is 2. The number of nitrogens with one attached hydrogen (secondary N) is 2. The zero-order valence-corrected chi connectivity index (χ0v) is 31.9. The highest BCUT2D eigenvalue weighted by Gasteiger charge is 2.41. The third-order valence-electron chi connectivity index (χ3n) is 11.5. The number of fused-ring (bicyclic) bond motifs is 2. The molecule has 8 rings (SSSR count). The molecule has 0 radical (unpaired) electrons. The van der Waals surface area contributed by atoms with E-state index in [0.29, 0.717) is 36.2 Å². The van der Waals surface area contributed by atoms with Crippen molar-refractivity contribution in [3.05, 3.63) is 93.0 Å². The Morgan fingerprint density at radius 1 is 0.811 bits per heavy atom. The van der Waals surface area contributed by atoms with Crippen molar-refractivity contribution in [2.75, 3.05) is 40.5 Å². The number of halogens is 2. The molecule has 0 spiro atoms. The molecule has 1 amide bonds. The molecule has 10 heteroatoms. The van der Waals surface area contributed by atoms with E-state index in [4.69, 9.17) is 37.4 Å². The number of hydrogen-bond acceptors (Lipinski definition) is 7. The number of methoxy groups -OCH3 is 2. The van der Waals surface area contributed by atoms with Gasteiger partial charge >= 0.3 is 5.97 Å². The van der Waals surface area contributed by atoms with Crippen molar-refractivity contribution in [1.29, 1.82) is 0 Å². The lowest BCUT2D eigenvalue weighted by Gasteiger charge is -2.42. The fourth-order valence-electron chi connectivity index (χ4n) is 8.87. The lowest BCUT2D eigenvalue weighted by atomic mass is 9.92. The van der Waals surface area contributed by atoms with Crippen molar-refractivity contribution in [1.82, 2.24) is 15.5 Å². The van der Waals surface area contributed by atoms with Crippen molar-refractivity contribution in [2.24, 2.45) is 5.92 Å². The van der Waals surface area contributed by atoms with Crippen molar-refractivity contribution >= 4 is 35.1 Å². The molecule has 276 valence electrons. The molecule has 2 saturated heterocycles. The molecular weight excluding hydrogens is 709 g/mol. The van der Waals surface area contributed by atoms with Crippen LogP contribution in [-0.4, -0.2) is 63.3 Å². The second kappa shape index (κ2) is 15.0. The number of nitrogens with zero attached hydrogens (tertiary/aromatic N) is 1. The molecule has 4 aromatic rings. The van der Waals surface area contributed by atoms with E-state index in [1.807, 2.05) is 43.3 Å². The van der Waals surface area contributed by atoms with E-state index < -0.39 is 0 Å². The Hall–Kier alpha value is -4.08. The Balaban J connectivity index is 1.06. The lowest BCUT2D eigenvalue weighted by molar-refractivity contribution is -0.155. The molecule has 53 heavy (non-hydrogen) atoms. The number of likely N-dealkylation sites (tertiary alicyclic amines) is 1. The van der Waals surface area contributed by atoms with Gasteiger partial charge in [0, 0.05) is 77.6 Å². The largest absolute Gasteiger partial charge is 0.496 e. The maximum absolute atomic E-state index is 12.3. The van der Waals surface area contributed by atoms with Crippen LogP contribution in [0.4, 0.5) is 0 Å². The molecule has 0 unspecified atom stereocenters. The van der Waals surface area contributed by atoms with Gasteiger partial charge in [0.1, 0.15) is 11.5 Å². The summed E-state index contributed by atoms with van der Waals surface area (Å²) >= 11 is 14.6. The Morgan fingerprint density at radius 3 is 1.98 bits per heavy atom. The number of rotatable bonds is 11. The highest BCUT2D eigenvalue weighted by Crippen LogP contribution is 2.49. The zero-order valence-electron chi connectivity index (χ0n) is 30.4. The minimum absolute atomic E-state index is 0.0608. The predicted octanol–water partition coefficient (Wildman–Crippen LogP) is 8.35. The molecule has 2 fully saturated rings. The summed E-state index contributed by atoms with van der Waals surface area (Å²) in [6.45, 7) is 4.42. The second-order valence-corrected chi connectivity index (χ2v) is 15.4.